The van der Waals surface area contributed by atoms with Crippen molar-refractivity contribution in [2.45, 2.75) is 20.3 Å². The topological polar surface area (TPSA) is 53.5 Å². The number of aryl methyl sites for hydroxylation is 1. The third-order valence-electron chi connectivity index (χ3n) is 5.61. The molecule has 0 saturated heterocycles. The van der Waals surface area contributed by atoms with Crippen molar-refractivity contribution in [2.24, 2.45) is 0 Å². The summed E-state index contributed by atoms with van der Waals surface area (Å²) in [6.45, 7) is 4.96. The van der Waals surface area contributed by atoms with Crippen LogP contribution < -0.4 is 4.90 Å². The molecule has 1 aliphatic rings. The van der Waals surface area contributed by atoms with Crippen LogP contribution in [0.5, 0.6) is 0 Å². The first-order valence-corrected chi connectivity index (χ1v) is 10.6. The van der Waals surface area contributed by atoms with E-state index in [1.807, 2.05) is 55.1 Å². The number of likely N-dealkylation sites (N-methyl/N-ethyl adjacent to an activating group) is 1. The molecule has 0 atom stereocenters. The first-order chi connectivity index (χ1) is 15.5. The Morgan fingerprint density at radius 2 is 1.62 bits per heavy atom. The van der Waals surface area contributed by atoms with E-state index < -0.39 is 17.6 Å². The molecule has 2 amide bonds. The number of rotatable bonds is 7. The van der Waals surface area contributed by atoms with Crippen LogP contribution in [0.25, 0.3) is 5.57 Å². The molecule has 2 heterocycles. The molecule has 1 aliphatic heterocycles. The van der Waals surface area contributed by atoms with E-state index in [-0.39, 0.29) is 5.69 Å². The summed E-state index contributed by atoms with van der Waals surface area (Å²) >= 11 is 0. The minimum absolute atomic E-state index is 0.0349. The molecule has 1 aromatic heterocycles. The number of hydrogen-bond acceptors (Lipinski definition) is 4. The highest BCUT2D eigenvalue weighted by atomic mass is 19.1. The second kappa shape index (κ2) is 9.14. The van der Waals surface area contributed by atoms with Gasteiger partial charge in [-0.1, -0.05) is 42.0 Å². The number of nitrogens with zero attached hydrogens (tertiary/aromatic N) is 3. The van der Waals surface area contributed by atoms with Crippen molar-refractivity contribution in [1.29, 1.82) is 0 Å². The minimum Gasteiger partial charge on any atom is -0.366 e. The van der Waals surface area contributed by atoms with E-state index in [0.717, 1.165) is 16.0 Å². The number of halogens is 1. The monoisotopic (exact) mass is 429 g/mol. The summed E-state index contributed by atoms with van der Waals surface area (Å²) in [6.07, 6.45) is 4.14. The maximum atomic E-state index is 14.6. The predicted molar refractivity (Wildman–Crippen MR) is 122 cm³/mol. The summed E-state index contributed by atoms with van der Waals surface area (Å²) in [6, 6.07) is 17.2. The van der Waals surface area contributed by atoms with E-state index >= 15 is 0 Å². The molecule has 0 aliphatic carbocycles. The molecule has 4 rings (SSSR count). The molecule has 0 radical (unpaired) electrons. The van der Waals surface area contributed by atoms with Gasteiger partial charge in [-0.15, -0.1) is 0 Å². The van der Waals surface area contributed by atoms with Crippen molar-refractivity contribution in [3.8, 4) is 0 Å². The molecule has 5 nitrogen and oxygen atoms in total. The zero-order chi connectivity index (χ0) is 22.7. The maximum Gasteiger partial charge on any atom is 0.282 e. The third-order valence-corrected chi connectivity index (χ3v) is 5.61. The zero-order valence-electron chi connectivity index (χ0n) is 18.1. The molecule has 0 N–H and O–H groups in total. The van der Waals surface area contributed by atoms with Gasteiger partial charge >= 0.3 is 0 Å². The van der Waals surface area contributed by atoms with E-state index in [4.69, 9.17) is 0 Å². The van der Waals surface area contributed by atoms with Gasteiger partial charge in [-0.3, -0.25) is 14.6 Å². The average molecular weight is 429 g/mol. The lowest BCUT2D eigenvalue weighted by atomic mass is 10.0. The molecule has 32 heavy (non-hydrogen) atoms. The third kappa shape index (κ3) is 4.04. The van der Waals surface area contributed by atoms with Gasteiger partial charge in [-0.2, -0.15) is 0 Å². The fourth-order valence-corrected chi connectivity index (χ4v) is 3.89. The van der Waals surface area contributed by atoms with Gasteiger partial charge in [0.1, 0.15) is 11.5 Å². The van der Waals surface area contributed by atoms with E-state index in [2.05, 4.69) is 4.98 Å². The molecule has 2 aromatic carbocycles. The first-order valence-electron chi connectivity index (χ1n) is 10.6. The highest BCUT2D eigenvalue weighted by Gasteiger charge is 2.43. The van der Waals surface area contributed by atoms with Crippen molar-refractivity contribution < 1.29 is 14.0 Å². The van der Waals surface area contributed by atoms with Gasteiger partial charge in [0.05, 0.1) is 11.3 Å². The number of aromatic nitrogens is 1. The van der Waals surface area contributed by atoms with Crippen LogP contribution in [0.2, 0.25) is 0 Å². The zero-order valence-corrected chi connectivity index (χ0v) is 18.1. The Hall–Kier alpha value is -3.80. The number of carbonyl (C=O) groups is 2. The van der Waals surface area contributed by atoms with Crippen LogP contribution in [0, 0.1) is 12.7 Å². The summed E-state index contributed by atoms with van der Waals surface area (Å²) in [5.74, 6) is -1.63. The number of carbonyl (C=O) groups excluding carboxylic acids is 2. The van der Waals surface area contributed by atoms with Gasteiger partial charge in [-0.05, 0) is 55.7 Å². The van der Waals surface area contributed by atoms with Crippen LogP contribution in [0.3, 0.4) is 0 Å². The number of imide groups is 1. The molecular weight excluding hydrogens is 405 g/mol. The fourth-order valence-electron chi connectivity index (χ4n) is 3.89. The van der Waals surface area contributed by atoms with Crippen LogP contribution >= 0.6 is 0 Å². The Bertz CT molecular complexity index is 1170. The summed E-state index contributed by atoms with van der Waals surface area (Å²) in [7, 11) is 0. The van der Waals surface area contributed by atoms with Crippen molar-refractivity contribution in [3.63, 3.8) is 0 Å². The Morgan fingerprint density at radius 1 is 0.938 bits per heavy atom. The second-order valence-electron chi connectivity index (χ2n) is 7.67. The molecule has 0 unspecified atom stereocenters. The van der Waals surface area contributed by atoms with E-state index in [1.54, 1.807) is 18.5 Å². The van der Waals surface area contributed by atoms with Gasteiger partial charge in [0.2, 0.25) is 0 Å². The normalized spacial score (nSPS) is 13.8. The molecular formula is C26H24FN3O2. The summed E-state index contributed by atoms with van der Waals surface area (Å²) in [5.41, 5.74) is 3.34. The van der Waals surface area contributed by atoms with Crippen LogP contribution in [0.15, 0.2) is 78.8 Å². The van der Waals surface area contributed by atoms with Gasteiger partial charge in [0, 0.05) is 25.5 Å². The van der Waals surface area contributed by atoms with Crippen molar-refractivity contribution in [1.82, 2.24) is 9.88 Å². The predicted octanol–water partition coefficient (Wildman–Crippen LogP) is 4.38. The van der Waals surface area contributed by atoms with Gasteiger partial charge in [0.15, 0.2) is 0 Å². The van der Waals surface area contributed by atoms with E-state index in [0.29, 0.717) is 36.3 Å². The van der Waals surface area contributed by atoms with Crippen molar-refractivity contribution in [2.75, 3.05) is 18.0 Å². The van der Waals surface area contributed by atoms with Crippen molar-refractivity contribution >= 4 is 23.1 Å². The minimum atomic E-state index is -0.612. The number of para-hydroxylation sites is 1. The molecule has 3 aromatic rings. The van der Waals surface area contributed by atoms with Crippen LogP contribution in [0.4, 0.5) is 10.1 Å². The molecule has 0 bridgehead atoms. The van der Waals surface area contributed by atoms with Gasteiger partial charge < -0.3 is 4.90 Å². The fraction of sp³-hybridized carbons (Fsp3) is 0.192. The quantitative estimate of drug-likeness (QED) is 0.523. The molecule has 0 spiro atoms. The van der Waals surface area contributed by atoms with Gasteiger partial charge in [0.25, 0.3) is 11.8 Å². The number of hydrogen-bond donors (Lipinski definition) is 0. The molecule has 0 saturated carbocycles. The highest BCUT2D eigenvalue weighted by Crippen LogP contribution is 2.35. The smallest absolute Gasteiger partial charge is 0.282 e. The lowest BCUT2D eigenvalue weighted by Crippen LogP contribution is -2.36. The van der Waals surface area contributed by atoms with Gasteiger partial charge in [-0.25, -0.2) is 9.29 Å². The Labute approximate surface area is 186 Å². The molecule has 6 heteroatoms. The average Bonchev–Trinajstić information content (AvgIpc) is 3.06. The Balaban J connectivity index is 1.77. The number of amides is 2. The number of anilines is 1. The number of pyridine rings is 1. The Kier molecular flexibility index (Phi) is 6.12. The molecule has 0 fully saturated rings. The standard InChI is InChI=1S/C26H24FN3O2/c1-3-29(17-14-19-12-15-28-16-13-19)24-23(20-10-8-18(2)9-11-20)25(31)30(26(24)32)22-7-5-4-6-21(22)27/h4-13,15-16H,3,14,17H2,1-2H3. The Morgan fingerprint density at radius 3 is 2.28 bits per heavy atom. The largest absolute Gasteiger partial charge is 0.366 e. The van der Waals surface area contributed by atoms with Crippen LogP contribution in [-0.4, -0.2) is 34.8 Å². The van der Waals surface area contributed by atoms with Crippen molar-refractivity contribution in [3.05, 3.63) is 101 Å². The van der Waals surface area contributed by atoms with Crippen LogP contribution in [-0.2, 0) is 16.0 Å². The maximum absolute atomic E-state index is 14.6. The van der Waals surface area contributed by atoms with E-state index in [9.17, 15) is 14.0 Å². The molecule has 162 valence electrons. The number of benzene rings is 2. The van der Waals surface area contributed by atoms with Crippen LogP contribution in [0.1, 0.15) is 23.6 Å². The second-order valence-corrected chi connectivity index (χ2v) is 7.67. The highest BCUT2D eigenvalue weighted by molar-refractivity contribution is 6.45. The SMILES string of the molecule is CCN(CCc1ccncc1)C1=C(c2ccc(C)cc2)C(=O)N(c2ccccc2F)C1=O. The summed E-state index contributed by atoms with van der Waals surface area (Å²) < 4.78 is 14.6. The summed E-state index contributed by atoms with van der Waals surface area (Å²) in [4.78, 5) is 34.0. The van der Waals surface area contributed by atoms with E-state index in [1.165, 1.54) is 18.2 Å². The summed E-state index contributed by atoms with van der Waals surface area (Å²) in [5, 5.41) is 0. The lowest BCUT2D eigenvalue weighted by molar-refractivity contribution is -0.120. The first kappa shape index (κ1) is 21.4. The lowest BCUT2D eigenvalue weighted by Gasteiger charge is -2.25.